The Morgan fingerprint density at radius 1 is 1.57 bits per heavy atom. The summed E-state index contributed by atoms with van der Waals surface area (Å²) in [4.78, 5) is 11.2. The number of amides is 1. The smallest absolute Gasteiger partial charge is 0.233 e. The molecule has 0 aromatic heterocycles. The molecular formula is C11H20BrNO. The fraction of sp³-hybridized carbons (Fsp3) is 0.909. The number of carbonyl (C=O) groups excluding carboxylic acids is 1. The second-order valence-electron chi connectivity index (χ2n) is 4.50. The summed E-state index contributed by atoms with van der Waals surface area (Å²) in [6, 6.07) is 0. The fourth-order valence-corrected chi connectivity index (χ4v) is 2.29. The van der Waals surface area contributed by atoms with E-state index in [4.69, 9.17) is 0 Å². The lowest BCUT2D eigenvalue weighted by Gasteiger charge is -2.26. The quantitative estimate of drug-likeness (QED) is 0.778. The highest BCUT2D eigenvalue weighted by Crippen LogP contribution is 2.27. The number of hydrogen-bond donors (Lipinski definition) is 1. The molecule has 0 radical (unpaired) electrons. The van der Waals surface area contributed by atoms with E-state index < -0.39 is 0 Å². The monoisotopic (exact) mass is 261 g/mol. The zero-order valence-electron chi connectivity index (χ0n) is 9.05. The minimum atomic E-state index is -0.0662. The average molecular weight is 262 g/mol. The molecular weight excluding hydrogens is 242 g/mol. The minimum Gasteiger partial charge on any atom is -0.355 e. The van der Waals surface area contributed by atoms with Crippen molar-refractivity contribution in [2.45, 2.75) is 44.4 Å². The zero-order chi connectivity index (χ0) is 10.6. The Balaban J connectivity index is 2.20. The van der Waals surface area contributed by atoms with Crippen LogP contribution in [0.2, 0.25) is 0 Å². The van der Waals surface area contributed by atoms with Crippen LogP contribution in [0.25, 0.3) is 0 Å². The number of nitrogens with one attached hydrogen (secondary N) is 1. The maximum absolute atomic E-state index is 11.3. The van der Waals surface area contributed by atoms with Gasteiger partial charge >= 0.3 is 0 Å². The molecule has 3 heteroatoms. The van der Waals surface area contributed by atoms with Gasteiger partial charge in [0, 0.05) is 6.54 Å². The number of carbonyl (C=O) groups is 1. The van der Waals surface area contributed by atoms with Crippen molar-refractivity contribution in [2.75, 3.05) is 6.54 Å². The summed E-state index contributed by atoms with van der Waals surface area (Å²) in [7, 11) is 0. The topological polar surface area (TPSA) is 29.1 Å². The molecule has 1 saturated carbocycles. The normalized spacial score (nSPS) is 29.6. The summed E-state index contributed by atoms with van der Waals surface area (Å²) in [5.74, 6) is 1.66. The third-order valence-corrected chi connectivity index (χ3v) is 3.39. The van der Waals surface area contributed by atoms with Gasteiger partial charge in [-0.2, -0.15) is 0 Å². The van der Waals surface area contributed by atoms with Crippen LogP contribution in [-0.4, -0.2) is 17.3 Å². The second kappa shape index (κ2) is 5.74. The van der Waals surface area contributed by atoms with Gasteiger partial charge in [-0.1, -0.05) is 35.7 Å². The van der Waals surface area contributed by atoms with E-state index in [-0.39, 0.29) is 10.7 Å². The first-order valence-corrected chi connectivity index (χ1v) is 6.43. The van der Waals surface area contributed by atoms with Crippen LogP contribution in [0.15, 0.2) is 0 Å². The molecule has 0 bridgehead atoms. The molecule has 0 aliphatic heterocycles. The lowest BCUT2D eigenvalue weighted by molar-refractivity contribution is -0.120. The van der Waals surface area contributed by atoms with Gasteiger partial charge < -0.3 is 5.32 Å². The number of rotatable bonds is 3. The van der Waals surface area contributed by atoms with Crippen molar-refractivity contribution in [1.29, 1.82) is 0 Å². The molecule has 0 heterocycles. The largest absolute Gasteiger partial charge is 0.355 e. The van der Waals surface area contributed by atoms with E-state index in [1.54, 1.807) is 0 Å². The number of alkyl halides is 1. The molecule has 0 spiro atoms. The molecule has 3 atom stereocenters. The molecule has 3 unspecified atom stereocenters. The minimum absolute atomic E-state index is 0.0662. The lowest BCUT2D eigenvalue weighted by Crippen LogP contribution is -2.35. The van der Waals surface area contributed by atoms with Crippen molar-refractivity contribution in [3.05, 3.63) is 0 Å². The summed E-state index contributed by atoms with van der Waals surface area (Å²) in [6.07, 6.45) is 5.24. The lowest BCUT2D eigenvalue weighted by atomic mass is 9.82. The number of halogens is 1. The van der Waals surface area contributed by atoms with E-state index in [9.17, 15) is 4.79 Å². The predicted molar refractivity (Wildman–Crippen MR) is 62.5 cm³/mol. The van der Waals surface area contributed by atoms with Gasteiger partial charge in [0.05, 0.1) is 4.83 Å². The van der Waals surface area contributed by atoms with Gasteiger partial charge in [-0.3, -0.25) is 4.79 Å². The molecule has 0 aromatic carbocycles. The molecule has 14 heavy (non-hydrogen) atoms. The Morgan fingerprint density at radius 3 is 2.86 bits per heavy atom. The molecule has 1 aliphatic carbocycles. The van der Waals surface area contributed by atoms with Crippen LogP contribution >= 0.6 is 15.9 Å². The van der Waals surface area contributed by atoms with Gasteiger partial charge in [-0.15, -0.1) is 0 Å². The summed E-state index contributed by atoms with van der Waals surface area (Å²) in [5, 5.41) is 2.99. The molecule has 1 aliphatic rings. The maximum Gasteiger partial charge on any atom is 0.233 e. The van der Waals surface area contributed by atoms with Gasteiger partial charge in [0.2, 0.25) is 5.91 Å². The first-order chi connectivity index (χ1) is 6.59. The zero-order valence-corrected chi connectivity index (χ0v) is 10.6. The summed E-state index contributed by atoms with van der Waals surface area (Å²) in [6.45, 7) is 5.03. The van der Waals surface area contributed by atoms with Crippen LogP contribution in [0.3, 0.4) is 0 Å². The van der Waals surface area contributed by atoms with Crippen molar-refractivity contribution < 1.29 is 4.79 Å². The highest BCUT2D eigenvalue weighted by Gasteiger charge is 2.19. The van der Waals surface area contributed by atoms with Crippen molar-refractivity contribution >= 4 is 21.8 Å². The third kappa shape index (κ3) is 3.99. The Kier molecular flexibility index (Phi) is 4.93. The van der Waals surface area contributed by atoms with Crippen molar-refractivity contribution in [1.82, 2.24) is 5.32 Å². The fourth-order valence-electron chi connectivity index (χ4n) is 2.13. The molecule has 0 saturated heterocycles. The Labute approximate surface area is 95.0 Å². The average Bonchev–Trinajstić information content (AvgIpc) is 2.14. The van der Waals surface area contributed by atoms with E-state index in [0.29, 0.717) is 5.92 Å². The van der Waals surface area contributed by atoms with Gasteiger partial charge in [-0.05, 0) is 31.6 Å². The van der Waals surface area contributed by atoms with Crippen molar-refractivity contribution in [2.24, 2.45) is 11.8 Å². The van der Waals surface area contributed by atoms with Gasteiger partial charge in [0.15, 0.2) is 0 Å². The van der Waals surface area contributed by atoms with Gasteiger partial charge in [0.25, 0.3) is 0 Å². The van der Waals surface area contributed by atoms with E-state index in [2.05, 4.69) is 28.2 Å². The van der Waals surface area contributed by atoms with Crippen LogP contribution in [0.4, 0.5) is 0 Å². The van der Waals surface area contributed by atoms with Crippen LogP contribution < -0.4 is 5.32 Å². The molecule has 2 nitrogen and oxygen atoms in total. The molecule has 0 aromatic rings. The molecule has 1 fully saturated rings. The summed E-state index contributed by atoms with van der Waals surface area (Å²) < 4.78 is 0. The summed E-state index contributed by atoms with van der Waals surface area (Å²) >= 11 is 3.26. The van der Waals surface area contributed by atoms with Crippen LogP contribution in [0.5, 0.6) is 0 Å². The van der Waals surface area contributed by atoms with Crippen LogP contribution in [0.1, 0.15) is 39.5 Å². The standard InChI is InChI=1S/C11H20BrNO/c1-8-4-3-5-10(6-8)7-13-11(14)9(2)12/h8-10H,3-7H2,1-2H3,(H,13,14). The predicted octanol–water partition coefficient (Wildman–Crippen LogP) is 2.71. The number of hydrogen-bond acceptors (Lipinski definition) is 1. The summed E-state index contributed by atoms with van der Waals surface area (Å²) in [5.41, 5.74) is 0. The Bertz CT molecular complexity index is 194. The molecule has 82 valence electrons. The van der Waals surface area contributed by atoms with Gasteiger partial charge in [-0.25, -0.2) is 0 Å². The molecule has 1 N–H and O–H groups in total. The SMILES string of the molecule is CC1CCCC(CNC(=O)C(C)Br)C1. The van der Waals surface area contributed by atoms with E-state index in [0.717, 1.165) is 12.5 Å². The highest BCUT2D eigenvalue weighted by atomic mass is 79.9. The van der Waals surface area contributed by atoms with E-state index >= 15 is 0 Å². The van der Waals surface area contributed by atoms with E-state index in [1.807, 2.05) is 6.92 Å². The van der Waals surface area contributed by atoms with Crippen LogP contribution in [0, 0.1) is 11.8 Å². The highest BCUT2D eigenvalue weighted by molar-refractivity contribution is 9.10. The van der Waals surface area contributed by atoms with Crippen LogP contribution in [-0.2, 0) is 4.79 Å². The Morgan fingerprint density at radius 2 is 2.29 bits per heavy atom. The van der Waals surface area contributed by atoms with Crippen molar-refractivity contribution in [3.63, 3.8) is 0 Å². The third-order valence-electron chi connectivity index (χ3n) is 2.97. The second-order valence-corrected chi connectivity index (χ2v) is 5.87. The van der Waals surface area contributed by atoms with Gasteiger partial charge in [0.1, 0.15) is 0 Å². The molecule has 1 amide bonds. The van der Waals surface area contributed by atoms with Crippen molar-refractivity contribution in [3.8, 4) is 0 Å². The first-order valence-electron chi connectivity index (χ1n) is 5.51. The molecule has 1 rings (SSSR count). The maximum atomic E-state index is 11.3. The van der Waals surface area contributed by atoms with E-state index in [1.165, 1.54) is 25.7 Å². The first kappa shape index (κ1) is 12.0. The Hall–Kier alpha value is -0.0500.